The Bertz CT molecular complexity index is 309. The lowest BCUT2D eigenvalue weighted by molar-refractivity contribution is -0.161. The predicted molar refractivity (Wildman–Crippen MR) is 59.6 cm³/mol. The Morgan fingerprint density at radius 1 is 1.59 bits per heavy atom. The molecule has 0 heterocycles. The fourth-order valence-corrected chi connectivity index (χ4v) is 1.96. The van der Waals surface area contributed by atoms with Crippen molar-refractivity contribution < 1.29 is 24.2 Å². The zero-order chi connectivity index (χ0) is 12.9. The SMILES string of the molecule is C=CCOC(=O)NC1CC(COC)(C(=O)O)C1. The summed E-state index contributed by atoms with van der Waals surface area (Å²) in [5.41, 5.74) is -0.870. The van der Waals surface area contributed by atoms with Gasteiger partial charge in [-0.1, -0.05) is 12.7 Å². The number of carbonyl (C=O) groups is 2. The Hall–Kier alpha value is -1.56. The van der Waals surface area contributed by atoms with E-state index in [0.717, 1.165) is 0 Å². The van der Waals surface area contributed by atoms with Crippen LogP contribution in [-0.2, 0) is 14.3 Å². The summed E-state index contributed by atoms with van der Waals surface area (Å²) in [4.78, 5) is 22.2. The Balaban J connectivity index is 2.36. The molecule has 0 unspecified atom stereocenters. The fraction of sp³-hybridized carbons (Fsp3) is 0.636. The highest BCUT2D eigenvalue weighted by molar-refractivity contribution is 5.77. The zero-order valence-corrected chi connectivity index (χ0v) is 9.77. The average molecular weight is 243 g/mol. The third kappa shape index (κ3) is 3.20. The number of aliphatic carboxylic acids is 1. The smallest absolute Gasteiger partial charge is 0.407 e. The Kier molecular flexibility index (Phi) is 4.51. The number of methoxy groups -OCH3 is 1. The number of ether oxygens (including phenoxy) is 2. The van der Waals surface area contributed by atoms with Gasteiger partial charge in [0.2, 0.25) is 0 Å². The third-order valence-electron chi connectivity index (χ3n) is 2.80. The summed E-state index contributed by atoms with van der Waals surface area (Å²) in [6, 6.07) is -0.168. The van der Waals surface area contributed by atoms with E-state index < -0.39 is 17.5 Å². The second kappa shape index (κ2) is 5.67. The molecule has 0 atom stereocenters. The Morgan fingerprint density at radius 2 is 2.24 bits per heavy atom. The Labute approximate surface area is 99.6 Å². The minimum absolute atomic E-state index is 0.140. The number of rotatable bonds is 6. The second-order valence-corrected chi connectivity index (χ2v) is 4.16. The number of carbonyl (C=O) groups excluding carboxylic acids is 1. The predicted octanol–water partition coefficient (Wildman–Crippen LogP) is 0.778. The van der Waals surface area contributed by atoms with Crippen molar-refractivity contribution in [2.45, 2.75) is 18.9 Å². The van der Waals surface area contributed by atoms with Crippen molar-refractivity contribution in [2.24, 2.45) is 5.41 Å². The van der Waals surface area contributed by atoms with Gasteiger partial charge in [-0.15, -0.1) is 0 Å². The van der Waals surface area contributed by atoms with Gasteiger partial charge in [0.1, 0.15) is 6.61 Å². The largest absolute Gasteiger partial charge is 0.481 e. The van der Waals surface area contributed by atoms with Gasteiger partial charge in [-0.25, -0.2) is 4.79 Å². The van der Waals surface area contributed by atoms with Crippen LogP contribution in [0, 0.1) is 5.41 Å². The van der Waals surface area contributed by atoms with Crippen molar-refractivity contribution in [2.75, 3.05) is 20.3 Å². The standard InChI is InChI=1S/C11H17NO5/c1-3-4-17-10(15)12-8-5-11(6-8,7-16-2)9(13)14/h3,8H,1,4-7H2,2H3,(H,12,15)(H,13,14). The zero-order valence-electron chi connectivity index (χ0n) is 9.77. The van der Waals surface area contributed by atoms with Crippen LogP contribution in [0.3, 0.4) is 0 Å². The molecule has 0 radical (unpaired) electrons. The molecule has 0 spiro atoms. The molecule has 0 aromatic carbocycles. The molecule has 0 saturated heterocycles. The van der Waals surface area contributed by atoms with Crippen molar-refractivity contribution in [3.63, 3.8) is 0 Å². The summed E-state index contributed by atoms with van der Waals surface area (Å²) in [5, 5.41) is 11.7. The monoisotopic (exact) mass is 243 g/mol. The molecule has 1 amide bonds. The highest BCUT2D eigenvalue weighted by Crippen LogP contribution is 2.41. The molecule has 1 rings (SSSR count). The Morgan fingerprint density at radius 3 is 2.71 bits per heavy atom. The van der Waals surface area contributed by atoms with Gasteiger partial charge in [0.25, 0.3) is 0 Å². The van der Waals surface area contributed by atoms with Crippen molar-refractivity contribution >= 4 is 12.1 Å². The third-order valence-corrected chi connectivity index (χ3v) is 2.80. The van der Waals surface area contributed by atoms with Crippen LogP contribution in [0.2, 0.25) is 0 Å². The molecule has 0 aromatic rings. The van der Waals surface area contributed by atoms with Gasteiger partial charge in [-0.2, -0.15) is 0 Å². The minimum atomic E-state index is -0.892. The lowest BCUT2D eigenvalue weighted by atomic mass is 9.66. The molecule has 0 aromatic heterocycles. The summed E-state index contributed by atoms with van der Waals surface area (Å²) in [5.74, 6) is -0.892. The number of carboxylic acids is 1. The highest BCUT2D eigenvalue weighted by Gasteiger charge is 2.51. The van der Waals surface area contributed by atoms with E-state index >= 15 is 0 Å². The number of nitrogens with one attached hydrogen (secondary N) is 1. The lowest BCUT2D eigenvalue weighted by Gasteiger charge is -2.43. The van der Waals surface area contributed by atoms with Crippen LogP contribution in [0.1, 0.15) is 12.8 Å². The number of hydrogen-bond donors (Lipinski definition) is 2. The van der Waals surface area contributed by atoms with Crippen molar-refractivity contribution in [3.05, 3.63) is 12.7 Å². The first kappa shape index (κ1) is 13.5. The molecule has 0 bridgehead atoms. The van der Waals surface area contributed by atoms with Crippen LogP contribution >= 0.6 is 0 Å². The van der Waals surface area contributed by atoms with E-state index in [2.05, 4.69) is 11.9 Å². The molecule has 6 heteroatoms. The van der Waals surface area contributed by atoms with E-state index in [1.165, 1.54) is 13.2 Å². The first-order chi connectivity index (χ1) is 8.04. The maximum Gasteiger partial charge on any atom is 0.407 e. The van der Waals surface area contributed by atoms with Crippen LogP contribution in [-0.4, -0.2) is 43.5 Å². The maximum absolute atomic E-state index is 11.2. The van der Waals surface area contributed by atoms with Crippen molar-refractivity contribution in [1.82, 2.24) is 5.32 Å². The molecule has 6 nitrogen and oxygen atoms in total. The number of alkyl carbamates (subject to hydrolysis) is 1. The highest BCUT2D eigenvalue weighted by atomic mass is 16.5. The summed E-state index contributed by atoms with van der Waals surface area (Å²) in [7, 11) is 1.46. The number of hydrogen-bond acceptors (Lipinski definition) is 4. The van der Waals surface area contributed by atoms with E-state index in [-0.39, 0.29) is 19.3 Å². The first-order valence-electron chi connectivity index (χ1n) is 5.30. The van der Waals surface area contributed by atoms with Gasteiger partial charge in [0, 0.05) is 13.2 Å². The topological polar surface area (TPSA) is 84.9 Å². The van der Waals surface area contributed by atoms with E-state index in [1.54, 1.807) is 0 Å². The molecular formula is C11H17NO5. The summed E-state index contributed by atoms with van der Waals surface area (Å²) < 4.78 is 9.63. The maximum atomic E-state index is 11.2. The van der Waals surface area contributed by atoms with Gasteiger partial charge in [0.15, 0.2) is 0 Å². The van der Waals surface area contributed by atoms with E-state index in [4.69, 9.17) is 14.6 Å². The molecule has 17 heavy (non-hydrogen) atoms. The lowest BCUT2D eigenvalue weighted by Crippen LogP contribution is -2.56. The van der Waals surface area contributed by atoms with Crippen LogP contribution in [0.15, 0.2) is 12.7 Å². The molecular weight excluding hydrogens is 226 g/mol. The van der Waals surface area contributed by atoms with E-state index in [1.807, 2.05) is 0 Å². The molecule has 1 aliphatic carbocycles. The van der Waals surface area contributed by atoms with Gasteiger partial charge < -0.3 is 19.9 Å². The molecule has 0 aliphatic heterocycles. The second-order valence-electron chi connectivity index (χ2n) is 4.16. The van der Waals surface area contributed by atoms with Gasteiger partial charge in [-0.3, -0.25) is 4.79 Å². The summed E-state index contributed by atoms with van der Waals surface area (Å²) >= 11 is 0. The van der Waals surface area contributed by atoms with Gasteiger partial charge in [-0.05, 0) is 12.8 Å². The number of amides is 1. The molecule has 1 aliphatic rings. The van der Waals surface area contributed by atoms with Crippen LogP contribution in [0.5, 0.6) is 0 Å². The van der Waals surface area contributed by atoms with Crippen LogP contribution in [0.4, 0.5) is 4.79 Å². The van der Waals surface area contributed by atoms with Gasteiger partial charge in [0.05, 0.1) is 12.0 Å². The average Bonchev–Trinajstić information content (AvgIpc) is 2.22. The van der Waals surface area contributed by atoms with Crippen LogP contribution in [0.25, 0.3) is 0 Å². The molecule has 2 N–H and O–H groups in total. The fourth-order valence-electron chi connectivity index (χ4n) is 1.96. The van der Waals surface area contributed by atoms with Crippen molar-refractivity contribution in [3.8, 4) is 0 Å². The molecule has 96 valence electrons. The van der Waals surface area contributed by atoms with Gasteiger partial charge >= 0.3 is 12.1 Å². The van der Waals surface area contributed by atoms with E-state index in [9.17, 15) is 9.59 Å². The number of carboxylic acid groups (broad SMARTS) is 1. The minimum Gasteiger partial charge on any atom is -0.481 e. The van der Waals surface area contributed by atoms with Crippen molar-refractivity contribution in [1.29, 1.82) is 0 Å². The first-order valence-corrected chi connectivity index (χ1v) is 5.30. The summed E-state index contributed by atoms with van der Waals surface area (Å²) in [6.45, 7) is 3.71. The normalized spacial score (nSPS) is 26.8. The molecule has 1 saturated carbocycles. The molecule has 1 fully saturated rings. The van der Waals surface area contributed by atoms with E-state index in [0.29, 0.717) is 12.8 Å². The summed E-state index contributed by atoms with van der Waals surface area (Å²) in [6.07, 6.45) is 1.64. The van der Waals surface area contributed by atoms with Crippen LogP contribution < -0.4 is 5.32 Å². The quantitative estimate of drug-likeness (QED) is 0.673.